The topological polar surface area (TPSA) is 47.3 Å². The van der Waals surface area contributed by atoms with Gasteiger partial charge in [-0.2, -0.15) is 5.26 Å². The third-order valence-corrected chi connectivity index (χ3v) is 3.51. The molecule has 0 aromatic heterocycles. The van der Waals surface area contributed by atoms with Crippen LogP contribution in [0.2, 0.25) is 0 Å². The molecule has 0 radical (unpaired) electrons. The molecule has 1 aromatic rings. The van der Waals surface area contributed by atoms with Crippen molar-refractivity contribution in [3.8, 4) is 6.07 Å². The maximum absolute atomic E-state index is 13.3. The number of carbonyl (C=O) groups excluding carboxylic acids is 1. The van der Waals surface area contributed by atoms with Crippen LogP contribution in [0.4, 0.5) is 8.78 Å². The van der Waals surface area contributed by atoms with Gasteiger partial charge in [0.05, 0.1) is 6.07 Å². The molecule has 0 aliphatic carbocycles. The predicted octanol–water partition coefficient (Wildman–Crippen LogP) is 1.69. The first-order valence-electron chi connectivity index (χ1n) is 6.37. The molecule has 1 fully saturated rings. The summed E-state index contributed by atoms with van der Waals surface area (Å²) in [5.41, 5.74) is 0.433. The first-order chi connectivity index (χ1) is 9.52. The van der Waals surface area contributed by atoms with Crippen molar-refractivity contribution >= 4 is 5.91 Å². The molecular formula is C14H15F2N3O. The molecule has 1 unspecified atom stereocenters. The number of nitriles is 1. The zero-order valence-electron chi connectivity index (χ0n) is 11.1. The van der Waals surface area contributed by atoms with Crippen LogP contribution < -0.4 is 0 Å². The maximum Gasteiger partial charge on any atom is 0.219 e. The monoisotopic (exact) mass is 279 g/mol. The summed E-state index contributed by atoms with van der Waals surface area (Å²) in [7, 11) is 0. The second-order valence-electron chi connectivity index (χ2n) is 4.75. The van der Waals surface area contributed by atoms with Gasteiger partial charge in [-0.3, -0.25) is 9.69 Å². The lowest BCUT2D eigenvalue weighted by molar-refractivity contribution is -0.130. The molecule has 6 heteroatoms. The number of benzene rings is 1. The van der Waals surface area contributed by atoms with E-state index in [1.807, 2.05) is 4.90 Å². The van der Waals surface area contributed by atoms with Gasteiger partial charge in [0.15, 0.2) is 11.6 Å². The van der Waals surface area contributed by atoms with E-state index in [1.165, 1.54) is 13.0 Å². The van der Waals surface area contributed by atoms with E-state index >= 15 is 0 Å². The molecule has 2 rings (SSSR count). The molecule has 1 aliphatic heterocycles. The molecule has 1 aliphatic rings. The molecule has 1 saturated heterocycles. The second-order valence-corrected chi connectivity index (χ2v) is 4.75. The van der Waals surface area contributed by atoms with E-state index < -0.39 is 17.7 Å². The molecule has 4 nitrogen and oxygen atoms in total. The van der Waals surface area contributed by atoms with E-state index in [-0.39, 0.29) is 5.91 Å². The number of carbonyl (C=O) groups is 1. The van der Waals surface area contributed by atoms with Crippen molar-refractivity contribution in [3.63, 3.8) is 0 Å². The summed E-state index contributed by atoms with van der Waals surface area (Å²) in [6.45, 7) is 3.66. The fraction of sp³-hybridized carbons (Fsp3) is 0.429. The van der Waals surface area contributed by atoms with Crippen LogP contribution in [0.25, 0.3) is 0 Å². The van der Waals surface area contributed by atoms with Gasteiger partial charge in [-0.1, -0.05) is 6.07 Å². The fourth-order valence-corrected chi connectivity index (χ4v) is 2.34. The number of hydrogen-bond acceptors (Lipinski definition) is 3. The van der Waals surface area contributed by atoms with Crippen molar-refractivity contribution in [1.29, 1.82) is 5.26 Å². The van der Waals surface area contributed by atoms with Crippen LogP contribution >= 0.6 is 0 Å². The summed E-state index contributed by atoms with van der Waals surface area (Å²) in [5.74, 6) is -1.87. The quantitative estimate of drug-likeness (QED) is 0.827. The van der Waals surface area contributed by atoms with Gasteiger partial charge in [0.2, 0.25) is 5.91 Å². The van der Waals surface area contributed by atoms with Gasteiger partial charge in [-0.25, -0.2) is 8.78 Å². The van der Waals surface area contributed by atoms with Crippen LogP contribution in [0.15, 0.2) is 18.2 Å². The number of hydrogen-bond donors (Lipinski definition) is 0. The first kappa shape index (κ1) is 14.4. The van der Waals surface area contributed by atoms with E-state index in [0.717, 1.165) is 12.1 Å². The van der Waals surface area contributed by atoms with E-state index in [4.69, 9.17) is 0 Å². The zero-order chi connectivity index (χ0) is 14.7. The van der Waals surface area contributed by atoms with Crippen LogP contribution in [-0.4, -0.2) is 41.9 Å². The highest BCUT2D eigenvalue weighted by Gasteiger charge is 2.26. The highest BCUT2D eigenvalue weighted by atomic mass is 19.2. The van der Waals surface area contributed by atoms with E-state index in [1.54, 1.807) is 4.90 Å². The average Bonchev–Trinajstić information content (AvgIpc) is 2.44. The summed E-state index contributed by atoms with van der Waals surface area (Å²) in [5, 5.41) is 9.28. The van der Waals surface area contributed by atoms with Crippen molar-refractivity contribution in [3.05, 3.63) is 35.4 Å². The largest absolute Gasteiger partial charge is 0.340 e. The molecule has 20 heavy (non-hydrogen) atoms. The Balaban J connectivity index is 2.12. The van der Waals surface area contributed by atoms with Gasteiger partial charge in [-0.05, 0) is 17.7 Å². The minimum atomic E-state index is -0.954. The van der Waals surface area contributed by atoms with Crippen LogP contribution in [0.1, 0.15) is 18.5 Å². The third-order valence-electron chi connectivity index (χ3n) is 3.51. The zero-order valence-corrected chi connectivity index (χ0v) is 11.1. The molecular weight excluding hydrogens is 264 g/mol. The number of rotatable bonds is 2. The van der Waals surface area contributed by atoms with Gasteiger partial charge in [0, 0.05) is 33.1 Å². The Kier molecular flexibility index (Phi) is 4.30. The third kappa shape index (κ3) is 2.94. The number of nitrogens with zero attached hydrogens (tertiary/aromatic N) is 3. The Morgan fingerprint density at radius 1 is 1.25 bits per heavy atom. The molecule has 0 N–H and O–H groups in total. The van der Waals surface area contributed by atoms with Crippen molar-refractivity contribution < 1.29 is 13.6 Å². The molecule has 1 aromatic carbocycles. The van der Waals surface area contributed by atoms with E-state index in [9.17, 15) is 18.8 Å². The number of piperazine rings is 1. The minimum Gasteiger partial charge on any atom is -0.340 e. The SMILES string of the molecule is CC(=O)N1CCN(C(C#N)c2ccc(F)c(F)c2)CC1. The van der Waals surface area contributed by atoms with Gasteiger partial charge in [-0.15, -0.1) is 0 Å². The highest BCUT2D eigenvalue weighted by molar-refractivity contribution is 5.73. The standard InChI is InChI=1S/C14H15F2N3O/c1-10(20)18-4-6-19(7-5-18)14(9-17)11-2-3-12(15)13(16)8-11/h2-3,8,14H,4-7H2,1H3. The molecule has 0 spiro atoms. The van der Waals surface area contributed by atoms with E-state index in [0.29, 0.717) is 31.7 Å². The van der Waals surface area contributed by atoms with Gasteiger partial charge in [0.1, 0.15) is 6.04 Å². The van der Waals surface area contributed by atoms with Gasteiger partial charge >= 0.3 is 0 Å². The van der Waals surface area contributed by atoms with Crippen molar-refractivity contribution in [2.45, 2.75) is 13.0 Å². The van der Waals surface area contributed by atoms with Gasteiger partial charge < -0.3 is 4.90 Å². The molecule has 106 valence electrons. The maximum atomic E-state index is 13.3. The Labute approximate surface area is 116 Å². The average molecular weight is 279 g/mol. The van der Waals surface area contributed by atoms with E-state index in [2.05, 4.69) is 6.07 Å². The lowest BCUT2D eigenvalue weighted by Gasteiger charge is -2.36. The second kappa shape index (κ2) is 5.97. The summed E-state index contributed by atoms with van der Waals surface area (Å²) < 4.78 is 26.2. The first-order valence-corrected chi connectivity index (χ1v) is 6.37. The molecule has 0 saturated carbocycles. The number of amides is 1. The summed E-state index contributed by atoms with van der Waals surface area (Å²) >= 11 is 0. The molecule has 1 atom stereocenters. The lowest BCUT2D eigenvalue weighted by atomic mass is 10.1. The molecule has 0 bridgehead atoms. The van der Waals surface area contributed by atoms with Crippen LogP contribution in [0.3, 0.4) is 0 Å². The Morgan fingerprint density at radius 3 is 2.40 bits per heavy atom. The lowest BCUT2D eigenvalue weighted by Crippen LogP contribution is -2.48. The summed E-state index contributed by atoms with van der Waals surface area (Å²) in [4.78, 5) is 14.8. The molecule has 1 heterocycles. The van der Waals surface area contributed by atoms with Gasteiger partial charge in [0.25, 0.3) is 0 Å². The van der Waals surface area contributed by atoms with Crippen LogP contribution in [0.5, 0.6) is 0 Å². The highest BCUT2D eigenvalue weighted by Crippen LogP contribution is 2.23. The van der Waals surface area contributed by atoms with Crippen LogP contribution in [0, 0.1) is 23.0 Å². The minimum absolute atomic E-state index is 0.00554. The molecule has 1 amide bonds. The summed E-state index contributed by atoms with van der Waals surface area (Å²) in [6.07, 6.45) is 0. The Hall–Kier alpha value is -2.00. The fourth-order valence-electron chi connectivity index (χ4n) is 2.34. The predicted molar refractivity (Wildman–Crippen MR) is 68.5 cm³/mol. The van der Waals surface area contributed by atoms with Crippen molar-refractivity contribution in [1.82, 2.24) is 9.80 Å². The van der Waals surface area contributed by atoms with Crippen molar-refractivity contribution in [2.75, 3.05) is 26.2 Å². The Bertz CT molecular complexity index is 548. The normalized spacial score (nSPS) is 17.6. The van der Waals surface area contributed by atoms with Crippen LogP contribution in [-0.2, 0) is 4.79 Å². The van der Waals surface area contributed by atoms with Crippen molar-refractivity contribution in [2.24, 2.45) is 0 Å². The summed E-state index contributed by atoms with van der Waals surface area (Å²) in [6, 6.07) is 4.99. The number of halogens is 2. The Morgan fingerprint density at radius 2 is 1.90 bits per heavy atom. The smallest absolute Gasteiger partial charge is 0.219 e.